The van der Waals surface area contributed by atoms with E-state index in [1.807, 2.05) is 45.3 Å². The molecule has 7 nitrogen and oxygen atoms in total. The Kier molecular flexibility index (Phi) is 6.70. The molecule has 0 aliphatic carbocycles. The summed E-state index contributed by atoms with van der Waals surface area (Å²) < 4.78 is 17.1. The van der Waals surface area contributed by atoms with Gasteiger partial charge < -0.3 is 23.7 Å². The van der Waals surface area contributed by atoms with Crippen LogP contribution in [0.5, 0.6) is 11.5 Å². The molecule has 4 rings (SSSR count). The second kappa shape index (κ2) is 9.67. The summed E-state index contributed by atoms with van der Waals surface area (Å²) in [6.07, 6.45) is 1.67. The zero-order valence-corrected chi connectivity index (χ0v) is 19.6. The lowest BCUT2D eigenvalue weighted by molar-refractivity contribution is 0.0722. The van der Waals surface area contributed by atoms with E-state index in [1.54, 1.807) is 30.2 Å². The van der Waals surface area contributed by atoms with Crippen LogP contribution in [-0.2, 0) is 0 Å². The molecular formula is C26H30N2O5. The second-order valence-electron chi connectivity index (χ2n) is 8.51. The lowest BCUT2D eigenvalue weighted by Crippen LogP contribution is -2.32. The quantitative estimate of drug-likeness (QED) is 0.489. The molecule has 0 bridgehead atoms. The maximum absolute atomic E-state index is 13.6. The average molecular weight is 451 g/mol. The summed E-state index contributed by atoms with van der Waals surface area (Å²) in [5.41, 5.74) is 1.37. The average Bonchev–Trinajstić information content (AvgIpc) is 3.09. The van der Waals surface area contributed by atoms with Gasteiger partial charge in [-0.15, -0.1) is 0 Å². The van der Waals surface area contributed by atoms with Crippen molar-refractivity contribution in [1.29, 1.82) is 0 Å². The highest BCUT2D eigenvalue weighted by molar-refractivity contribution is 5.99. The van der Waals surface area contributed by atoms with Crippen LogP contribution < -0.4 is 14.9 Å². The molecule has 1 aliphatic heterocycles. The summed E-state index contributed by atoms with van der Waals surface area (Å²) in [5, 5.41) is 0.431. The van der Waals surface area contributed by atoms with E-state index in [9.17, 15) is 9.59 Å². The summed E-state index contributed by atoms with van der Waals surface area (Å²) in [5.74, 6) is 1.13. The third-order valence-electron chi connectivity index (χ3n) is 5.83. The predicted octanol–water partition coefficient (Wildman–Crippen LogP) is 4.09. The minimum atomic E-state index is -0.525. The number of carbonyl (C=O) groups is 1. The molecule has 0 saturated heterocycles. The van der Waals surface area contributed by atoms with Crippen molar-refractivity contribution < 1.29 is 18.7 Å². The molecule has 0 saturated carbocycles. The van der Waals surface area contributed by atoms with Crippen molar-refractivity contribution in [3.05, 3.63) is 69.6 Å². The predicted molar refractivity (Wildman–Crippen MR) is 127 cm³/mol. The Labute approximate surface area is 193 Å². The van der Waals surface area contributed by atoms with Gasteiger partial charge in [-0.1, -0.05) is 19.1 Å². The fraction of sp³-hybridized carbons (Fsp3) is 0.385. The minimum Gasteiger partial charge on any atom is -0.497 e. The van der Waals surface area contributed by atoms with Gasteiger partial charge in [-0.3, -0.25) is 9.59 Å². The monoisotopic (exact) mass is 450 g/mol. The van der Waals surface area contributed by atoms with Gasteiger partial charge in [-0.2, -0.15) is 0 Å². The van der Waals surface area contributed by atoms with Crippen LogP contribution in [0.2, 0.25) is 0 Å². The first-order chi connectivity index (χ1) is 15.9. The largest absolute Gasteiger partial charge is 0.497 e. The first kappa shape index (κ1) is 22.9. The second-order valence-corrected chi connectivity index (χ2v) is 8.51. The molecule has 1 atom stereocenters. The van der Waals surface area contributed by atoms with Gasteiger partial charge in [-0.25, -0.2) is 0 Å². The van der Waals surface area contributed by atoms with Crippen molar-refractivity contribution in [3.8, 4) is 11.5 Å². The number of nitrogens with zero attached hydrogens (tertiary/aromatic N) is 2. The van der Waals surface area contributed by atoms with E-state index in [2.05, 4.69) is 4.90 Å². The molecule has 33 heavy (non-hydrogen) atoms. The molecule has 0 fully saturated rings. The Morgan fingerprint density at radius 3 is 2.64 bits per heavy atom. The number of methoxy groups -OCH3 is 1. The maximum atomic E-state index is 13.6. The third-order valence-corrected chi connectivity index (χ3v) is 5.83. The van der Waals surface area contributed by atoms with E-state index in [1.165, 1.54) is 0 Å². The fourth-order valence-corrected chi connectivity index (χ4v) is 4.25. The molecule has 0 radical (unpaired) electrons. The molecule has 1 aliphatic rings. The Balaban J connectivity index is 1.84. The Hall–Kier alpha value is -3.32. The van der Waals surface area contributed by atoms with Gasteiger partial charge in [0.15, 0.2) is 5.43 Å². The van der Waals surface area contributed by atoms with Crippen LogP contribution in [0, 0.1) is 0 Å². The summed E-state index contributed by atoms with van der Waals surface area (Å²) in [4.78, 5) is 30.9. The Morgan fingerprint density at radius 1 is 1.09 bits per heavy atom. The van der Waals surface area contributed by atoms with E-state index in [-0.39, 0.29) is 17.1 Å². The lowest BCUT2D eigenvalue weighted by atomic mass is 9.98. The SMILES string of the molecule is CCCOc1cccc(C2c3c(oc4cc(OC)ccc4c3=O)C(=O)N2CCCN(C)C)c1. The molecule has 1 unspecified atom stereocenters. The zero-order valence-electron chi connectivity index (χ0n) is 19.6. The maximum Gasteiger partial charge on any atom is 0.290 e. The molecular weight excluding hydrogens is 420 g/mol. The highest BCUT2D eigenvalue weighted by Gasteiger charge is 2.42. The number of fused-ring (bicyclic) bond motifs is 2. The first-order valence-corrected chi connectivity index (χ1v) is 11.3. The van der Waals surface area contributed by atoms with E-state index < -0.39 is 6.04 Å². The highest BCUT2D eigenvalue weighted by Crippen LogP contribution is 2.39. The first-order valence-electron chi connectivity index (χ1n) is 11.3. The molecule has 2 heterocycles. The smallest absolute Gasteiger partial charge is 0.290 e. The number of ether oxygens (including phenoxy) is 2. The lowest BCUT2D eigenvalue weighted by Gasteiger charge is -2.26. The zero-order chi connectivity index (χ0) is 23.5. The van der Waals surface area contributed by atoms with Crippen LogP contribution in [0.15, 0.2) is 51.7 Å². The number of amides is 1. The van der Waals surface area contributed by atoms with Crippen LogP contribution in [-0.4, -0.2) is 56.6 Å². The van der Waals surface area contributed by atoms with E-state index in [4.69, 9.17) is 13.9 Å². The van der Waals surface area contributed by atoms with Crippen LogP contribution in [0.4, 0.5) is 0 Å². The number of carbonyl (C=O) groups excluding carboxylic acids is 1. The number of benzene rings is 2. The number of rotatable bonds is 9. The van der Waals surface area contributed by atoms with Gasteiger partial charge in [0, 0.05) is 12.6 Å². The van der Waals surface area contributed by atoms with Crippen molar-refractivity contribution in [1.82, 2.24) is 9.80 Å². The summed E-state index contributed by atoms with van der Waals surface area (Å²) in [6, 6.07) is 12.2. The molecule has 174 valence electrons. The van der Waals surface area contributed by atoms with E-state index in [0.29, 0.717) is 35.4 Å². The van der Waals surface area contributed by atoms with Crippen LogP contribution in [0.25, 0.3) is 11.0 Å². The van der Waals surface area contributed by atoms with Crippen molar-refractivity contribution in [3.63, 3.8) is 0 Å². The van der Waals surface area contributed by atoms with Crippen molar-refractivity contribution in [2.75, 3.05) is 40.9 Å². The molecule has 7 heteroatoms. The van der Waals surface area contributed by atoms with Crippen LogP contribution in [0.3, 0.4) is 0 Å². The van der Waals surface area contributed by atoms with Crippen LogP contribution in [0.1, 0.15) is 47.5 Å². The standard InChI is InChI=1S/C26H30N2O5/c1-5-14-32-19-9-6-8-17(15-19)23-22-24(29)20-11-10-18(31-4)16-21(20)33-25(22)26(30)28(23)13-7-12-27(2)3/h6,8-11,15-16,23H,5,7,12-14H2,1-4H3. The molecule has 0 spiro atoms. The molecule has 2 aromatic carbocycles. The van der Waals surface area contributed by atoms with Gasteiger partial charge in [0.25, 0.3) is 5.91 Å². The van der Waals surface area contributed by atoms with Crippen molar-refractivity contribution >= 4 is 16.9 Å². The third kappa shape index (κ3) is 4.46. The Bertz CT molecular complexity index is 1220. The normalized spacial score (nSPS) is 15.4. The van der Waals surface area contributed by atoms with Crippen molar-refractivity contribution in [2.24, 2.45) is 0 Å². The van der Waals surface area contributed by atoms with Gasteiger partial charge in [-0.05, 0) is 63.3 Å². The van der Waals surface area contributed by atoms with Gasteiger partial charge in [0.2, 0.25) is 5.76 Å². The van der Waals surface area contributed by atoms with Gasteiger partial charge in [0.1, 0.15) is 17.1 Å². The van der Waals surface area contributed by atoms with Gasteiger partial charge in [0.05, 0.1) is 30.7 Å². The highest BCUT2D eigenvalue weighted by atomic mass is 16.5. The Morgan fingerprint density at radius 2 is 1.91 bits per heavy atom. The molecule has 1 aromatic heterocycles. The van der Waals surface area contributed by atoms with Gasteiger partial charge >= 0.3 is 0 Å². The van der Waals surface area contributed by atoms with Crippen molar-refractivity contribution in [2.45, 2.75) is 25.8 Å². The van der Waals surface area contributed by atoms with E-state index >= 15 is 0 Å². The number of hydrogen-bond donors (Lipinski definition) is 0. The summed E-state index contributed by atoms with van der Waals surface area (Å²) in [6.45, 7) is 3.98. The molecule has 0 N–H and O–H groups in total. The van der Waals surface area contributed by atoms with E-state index in [0.717, 1.165) is 30.7 Å². The minimum absolute atomic E-state index is 0.107. The number of hydrogen-bond acceptors (Lipinski definition) is 6. The topological polar surface area (TPSA) is 72.2 Å². The molecule has 3 aromatic rings. The molecule has 1 amide bonds. The summed E-state index contributed by atoms with van der Waals surface area (Å²) >= 11 is 0. The van der Waals surface area contributed by atoms with Crippen LogP contribution >= 0.6 is 0 Å². The fourth-order valence-electron chi connectivity index (χ4n) is 4.25. The summed E-state index contributed by atoms with van der Waals surface area (Å²) in [7, 11) is 5.55.